The maximum Gasteiger partial charge on any atom is 0.410 e. The molecule has 1 fully saturated rings. The van der Waals surface area contributed by atoms with Crippen molar-refractivity contribution in [2.75, 3.05) is 32.7 Å². The Balaban J connectivity index is 0.00000338. The SMILES string of the molecule is Cc1cnccc1CCN=C(N)N1CCN(C(=O)OC(C)(C)C)CC1.I. The maximum atomic E-state index is 12.1. The van der Waals surface area contributed by atoms with Crippen LogP contribution < -0.4 is 5.73 Å². The Morgan fingerprint density at radius 3 is 2.46 bits per heavy atom. The van der Waals surface area contributed by atoms with Crippen molar-refractivity contribution in [2.24, 2.45) is 10.7 Å². The van der Waals surface area contributed by atoms with E-state index in [1.165, 1.54) is 11.1 Å². The number of aliphatic imine (C=N–C) groups is 1. The monoisotopic (exact) mass is 475 g/mol. The second-order valence-electron chi connectivity index (χ2n) is 7.25. The molecule has 0 spiro atoms. The molecule has 0 bridgehead atoms. The van der Waals surface area contributed by atoms with Gasteiger partial charge in [-0.3, -0.25) is 9.98 Å². The first-order valence-electron chi connectivity index (χ1n) is 8.68. The number of ether oxygens (including phenoxy) is 1. The van der Waals surface area contributed by atoms with Crippen LogP contribution in [0.4, 0.5) is 4.79 Å². The summed E-state index contributed by atoms with van der Waals surface area (Å²) in [6, 6.07) is 2.01. The number of nitrogens with two attached hydrogens (primary N) is 1. The molecule has 0 aliphatic carbocycles. The molecule has 0 aromatic carbocycles. The molecular formula is C18H30IN5O2. The third kappa shape index (κ3) is 6.97. The Hall–Kier alpha value is -1.58. The van der Waals surface area contributed by atoms with E-state index >= 15 is 0 Å². The summed E-state index contributed by atoms with van der Waals surface area (Å²) >= 11 is 0. The molecule has 8 heteroatoms. The van der Waals surface area contributed by atoms with Crippen molar-refractivity contribution in [3.8, 4) is 0 Å². The molecule has 146 valence electrons. The van der Waals surface area contributed by atoms with Gasteiger partial charge in [-0.1, -0.05) is 0 Å². The number of hydrogen-bond donors (Lipinski definition) is 1. The van der Waals surface area contributed by atoms with Crippen molar-refractivity contribution in [3.63, 3.8) is 0 Å². The summed E-state index contributed by atoms with van der Waals surface area (Å²) in [5.41, 5.74) is 8.04. The zero-order valence-corrected chi connectivity index (χ0v) is 18.4. The smallest absolute Gasteiger partial charge is 0.410 e. The fraction of sp³-hybridized carbons (Fsp3) is 0.611. The van der Waals surface area contributed by atoms with Crippen LogP contribution in [-0.2, 0) is 11.2 Å². The first kappa shape index (κ1) is 22.5. The van der Waals surface area contributed by atoms with Gasteiger partial charge < -0.3 is 20.3 Å². The molecule has 2 heterocycles. The Bertz CT molecular complexity index is 622. The highest BCUT2D eigenvalue weighted by Crippen LogP contribution is 2.12. The zero-order valence-electron chi connectivity index (χ0n) is 16.1. The lowest BCUT2D eigenvalue weighted by Crippen LogP contribution is -2.53. The zero-order chi connectivity index (χ0) is 18.4. The van der Waals surface area contributed by atoms with Gasteiger partial charge in [0, 0.05) is 45.1 Å². The number of carbonyl (C=O) groups excluding carboxylic acids is 1. The lowest BCUT2D eigenvalue weighted by Gasteiger charge is -2.36. The molecule has 0 radical (unpaired) electrons. The van der Waals surface area contributed by atoms with Crippen molar-refractivity contribution in [1.29, 1.82) is 0 Å². The van der Waals surface area contributed by atoms with Crippen LogP contribution in [0.3, 0.4) is 0 Å². The summed E-state index contributed by atoms with van der Waals surface area (Å²) in [5.74, 6) is 0.538. The first-order chi connectivity index (χ1) is 11.8. The minimum Gasteiger partial charge on any atom is -0.444 e. The average Bonchev–Trinajstić information content (AvgIpc) is 2.55. The van der Waals surface area contributed by atoms with E-state index in [-0.39, 0.29) is 30.1 Å². The Morgan fingerprint density at radius 2 is 1.88 bits per heavy atom. The molecule has 0 unspecified atom stereocenters. The van der Waals surface area contributed by atoms with Gasteiger partial charge in [-0.25, -0.2) is 4.79 Å². The molecule has 1 aliphatic rings. The van der Waals surface area contributed by atoms with Gasteiger partial charge in [-0.05, 0) is 51.3 Å². The fourth-order valence-electron chi connectivity index (χ4n) is 2.62. The Kier molecular flexibility index (Phi) is 8.58. The summed E-state index contributed by atoms with van der Waals surface area (Å²) in [7, 11) is 0. The van der Waals surface area contributed by atoms with Gasteiger partial charge in [0.25, 0.3) is 0 Å². The molecule has 1 aromatic rings. The minimum absolute atomic E-state index is 0. The predicted octanol–water partition coefficient (Wildman–Crippen LogP) is 2.42. The number of aryl methyl sites for hydroxylation is 1. The van der Waals surface area contributed by atoms with Crippen molar-refractivity contribution in [2.45, 2.75) is 39.7 Å². The van der Waals surface area contributed by atoms with E-state index in [1.54, 1.807) is 11.1 Å². The van der Waals surface area contributed by atoms with E-state index < -0.39 is 5.60 Å². The van der Waals surface area contributed by atoms with Gasteiger partial charge in [0.2, 0.25) is 0 Å². The van der Waals surface area contributed by atoms with Crippen molar-refractivity contribution < 1.29 is 9.53 Å². The van der Waals surface area contributed by atoms with E-state index in [2.05, 4.69) is 9.98 Å². The molecule has 1 saturated heterocycles. The van der Waals surface area contributed by atoms with Crippen LogP contribution in [0, 0.1) is 6.92 Å². The summed E-state index contributed by atoms with van der Waals surface area (Å²) in [6.45, 7) is 10.8. The van der Waals surface area contributed by atoms with Crippen LogP contribution in [0.25, 0.3) is 0 Å². The standard InChI is InChI=1S/C18H29N5O2.HI/c1-14-13-20-7-5-15(14)6-8-21-16(19)22-9-11-23(12-10-22)17(24)25-18(2,3)4;/h5,7,13H,6,8-12H2,1-4H3,(H2,19,21);1H. The number of aromatic nitrogens is 1. The van der Waals surface area contributed by atoms with Gasteiger partial charge >= 0.3 is 6.09 Å². The lowest BCUT2D eigenvalue weighted by molar-refractivity contribution is 0.0186. The highest BCUT2D eigenvalue weighted by Gasteiger charge is 2.26. The van der Waals surface area contributed by atoms with Crippen LogP contribution in [0.2, 0.25) is 0 Å². The van der Waals surface area contributed by atoms with E-state index in [0.717, 1.165) is 6.42 Å². The van der Waals surface area contributed by atoms with E-state index in [0.29, 0.717) is 38.7 Å². The molecule has 1 amide bonds. The number of amides is 1. The minimum atomic E-state index is -0.472. The number of carbonyl (C=O) groups is 1. The van der Waals surface area contributed by atoms with Crippen LogP contribution in [0.1, 0.15) is 31.9 Å². The van der Waals surface area contributed by atoms with Crippen LogP contribution in [0.5, 0.6) is 0 Å². The number of rotatable bonds is 3. The topological polar surface area (TPSA) is 84.0 Å². The second kappa shape index (κ2) is 9.94. The highest BCUT2D eigenvalue weighted by atomic mass is 127. The van der Waals surface area contributed by atoms with Gasteiger partial charge in [-0.2, -0.15) is 0 Å². The predicted molar refractivity (Wildman–Crippen MR) is 114 cm³/mol. The van der Waals surface area contributed by atoms with E-state index in [4.69, 9.17) is 10.5 Å². The number of nitrogens with zero attached hydrogens (tertiary/aromatic N) is 4. The molecule has 1 aliphatic heterocycles. The van der Waals surface area contributed by atoms with Gasteiger partial charge in [0.05, 0.1) is 0 Å². The van der Waals surface area contributed by atoms with Gasteiger partial charge in [-0.15, -0.1) is 24.0 Å². The van der Waals surface area contributed by atoms with Crippen LogP contribution >= 0.6 is 24.0 Å². The number of halogens is 1. The van der Waals surface area contributed by atoms with Crippen molar-refractivity contribution in [1.82, 2.24) is 14.8 Å². The number of hydrogen-bond acceptors (Lipinski definition) is 4. The highest BCUT2D eigenvalue weighted by molar-refractivity contribution is 14.0. The second-order valence-corrected chi connectivity index (χ2v) is 7.25. The fourth-order valence-corrected chi connectivity index (χ4v) is 2.62. The Morgan fingerprint density at radius 1 is 1.27 bits per heavy atom. The van der Waals surface area contributed by atoms with E-state index in [1.807, 2.05) is 44.9 Å². The molecule has 0 saturated carbocycles. The molecule has 7 nitrogen and oxygen atoms in total. The van der Waals surface area contributed by atoms with Crippen molar-refractivity contribution in [3.05, 3.63) is 29.6 Å². The Labute approximate surface area is 173 Å². The number of piperazine rings is 1. The molecule has 1 aromatic heterocycles. The largest absolute Gasteiger partial charge is 0.444 e. The number of guanidine groups is 1. The lowest BCUT2D eigenvalue weighted by atomic mass is 10.1. The molecule has 2 rings (SSSR count). The maximum absolute atomic E-state index is 12.1. The molecule has 26 heavy (non-hydrogen) atoms. The van der Waals surface area contributed by atoms with Gasteiger partial charge in [0.1, 0.15) is 5.60 Å². The van der Waals surface area contributed by atoms with E-state index in [9.17, 15) is 4.79 Å². The third-order valence-electron chi connectivity index (χ3n) is 4.05. The molecule has 0 atom stereocenters. The normalized spacial score (nSPS) is 15.5. The quantitative estimate of drug-likeness (QED) is 0.413. The summed E-state index contributed by atoms with van der Waals surface area (Å²) in [5, 5.41) is 0. The number of pyridine rings is 1. The van der Waals surface area contributed by atoms with Gasteiger partial charge in [0.15, 0.2) is 5.96 Å². The van der Waals surface area contributed by atoms with Crippen LogP contribution in [0.15, 0.2) is 23.5 Å². The summed E-state index contributed by atoms with van der Waals surface area (Å²) < 4.78 is 5.40. The summed E-state index contributed by atoms with van der Waals surface area (Å²) in [6.07, 6.45) is 4.23. The summed E-state index contributed by atoms with van der Waals surface area (Å²) in [4.78, 5) is 24.4. The van der Waals surface area contributed by atoms with Crippen molar-refractivity contribution >= 4 is 36.0 Å². The van der Waals surface area contributed by atoms with Crippen LogP contribution in [-0.4, -0.2) is 65.2 Å². The third-order valence-corrected chi connectivity index (χ3v) is 4.05. The molecular weight excluding hydrogens is 445 g/mol. The molecule has 2 N–H and O–H groups in total. The average molecular weight is 475 g/mol. The first-order valence-corrected chi connectivity index (χ1v) is 8.68.